The molecule has 3 N–H and O–H groups in total. The standard InChI is InChI=1S/C21H24N4O3S/c1-14-9-10-17(13-20(14)29(22,27)28)23-21(26)12-11-19-15(2)24-25(16(19)3)18-7-5-4-6-8-18/h4-10,13H,11-12H2,1-3H3,(H,23,26)(H2,22,27,28). The number of benzene rings is 2. The van der Waals surface area contributed by atoms with Crippen molar-refractivity contribution in [3.8, 4) is 5.69 Å². The molecule has 0 aliphatic carbocycles. The maximum atomic E-state index is 12.4. The van der Waals surface area contributed by atoms with Gasteiger partial charge < -0.3 is 5.32 Å². The van der Waals surface area contributed by atoms with E-state index in [1.165, 1.54) is 6.07 Å². The summed E-state index contributed by atoms with van der Waals surface area (Å²) in [5.41, 5.74) is 4.81. The van der Waals surface area contributed by atoms with E-state index in [1.807, 2.05) is 48.9 Å². The van der Waals surface area contributed by atoms with Gasteiger partial charge in [-0.1, -0.05) is 24.3 Å². The molecular formula is C21H24N4O3S. The third-order valence-corrected chi connectivity index (χ3v) is 5.88. The summed E-state index contributed by atoms with van der Waals surface area (Å²) < 4.78 is 25.2. The van der Waals surface area contributed by atoms with Crippen molar-refractivity contribution in [3.63, 3.8) is 0 Å². The minimum absolute atomic E-state index is 0.00567. The Balaban J connectivity index is 1.72. The van der Waals surface area contributed by atoms with Crippen LogP contribution in [-0.4, -0.2) is 24.1 Å². The molecule has 0 spiro atoms. The first-order valence-corrected chi connectivity index (χ1v) is 10.8. The van der Waals surface area contributed by atoms with Crippen LogP contribution in [0.4, 0.5) is 5.69 Å². The van der Waals surface area contributed by atoms with E-state index in [0.717, 1.165) is 22.6 Å². The molecule has 3 rings (SSSR count). The fraction of sp³-hybridized carbons (Fsp3) is 0.238. The van der Waals surface area contributed by atoms with Crippen LogP contribution in [0.5, 0.6) is 0 Å². The van der Waals surface area contributed by atoms with Crippen LogP contribution in [0.15, 0.2) is 53.4 Å². The third-order valence-electron chi connectivity index (χ3n) is 4.82. The molecule has 152 valence electrons. The van der Waals surface area contributed by atoms with Gasteiger partial charge in [0.25, 0.3) is 0 Å². The van der Waals surface area contributed by atoms with Crippen LogP contribution in [0.3, 0.4) is 0 Å². The van der Waals surface area contributed by atoms with Gasteiger partial charge in [0.15, 0.2) is 0 Å². The number of rotatable bonds is 6. The predicted octanol–water partition coefficient (Wildman–Crippen LogP) is 3.02. The van der Waals surface area contributed by atoms with Crippen LogP contribution < -0.4 is 10.5 Å². The minimum Gasteiger partial charge on any atom is -0.326 e. The molecule has 0 bridgehead atoms. The first kappa shape index (κ1) is 20.8. The Bertz CT molecular complexity index is 1150. The highest BCUT2D eigenvalue weighted by Crippen LogP contribution is 2.21. The molecule has 0 aliphatic heterocycles. The monoisotopic (exact) mass is 412 g/mol. The largest absolute Gasteiger partial charge is 0.326 e. The first-order valence-electron chi connectivity index (χ1n) is 9.20. The molecule has 1 aromatic heterocycles. The number of carbonyl (C=O) groups is 1. The van der Waals surface area contributed by atoms with Gasteiger partial charge in [0.1, 0.15) is 0 Å². The van der Waals surface area contributed by atoms with Crippen molar-refractivity contribution in [3.05, 3.63) is 71.0 Å². The van der Waals surface area contributed by atoms with Crippen LogP contribution >= 0.6 is 0 Å². The van der Waals surface area contributed by atoms with Crippen molar-refractivity contribution in [1.82, 2.24) is 9.78 Å². The lowest BCUT2D eigenvalue weighted by Gasteiger charge is -2.09. The maximum absolute atomic E-state index is 12.4. The number of sulfonamides is 1. The molecule has 0 radical (unpaired) electrons. The fourth-order valence-corrected chi connectivity index (χ4v) is 4.11. The summed E-state index contributed by atoms with van der Waals surface area (Å²) in [5, 5.41) is 12.6. The van der Waals surface area contributed by atoms with Crippen LogP contribution in [0.25, 0.3) is 5.69 Å². The number of aromatic nitrogens is 2. The summed E-state index contributed by atoms with van der Waals surface area (Å²) in [5.74, 6) is -0.208. The van der Waals surface area contributed by atoms with E-state index < -0.39 is 10.0 Å². The molecule has 7 nitrogen and oxygen atoms in total. The van der Waals surface area contributed by atoms with Gasteiger partial charge >= 0.3 is 0 Å². The predicted molar refractivity (Wildman–Crippen MR) is 113 cm³/mol. The first-order chi connectivity index (χ1) is 13.7. The molecule has 2 aromatic carbocycles. The van der Waals surface area contributed by atoms with Crippen LogP contribution in [0.2, 0.25) is 0 Å². The van der Waals surface area contributed by atoms with Gasteiger partial charge in [-0.15, -0.1) is 0 Å². The Kier molecular flexibility index (Phi) is 5.86. The Morgan fingerprint density at radius 3 is 2.45 bits per heavy atom. The Labute approximate surface area is 170 Å². The number of nitrogens with zero attached hydrogens (tertiary/aromatic N) is 2. The maximum Gasteiger partial charge on any atom is 0.238 e. The number of amides is 1. The van der Waals surface area contributed by atoms with Gasteiger partial charge in [0, 0.05) is 17.8 Å². The molecule has 0 atom stereocenters. The third kappa shape index (κ3) is 4.72. The molecule has 3 aromatic rings. The molecule has 0 fully saturated rings. The second-order valence-electron chi connectivity index (χ2n) is 6.97. The topological polar surface area (TPSA) is 107 Å². The lowest BCUT2D eigenvalue weighted by Crippen LogP contribution is -2.16. The number of hydrogen-bond acceptors (Lipinski definition) is 4. The minimum atomic E-state index is -3.84. The highest BCUT2D eigenvalue weighted by Gasteiger charge is 2.16. The molecule has 0 saturated carbocycles. The molecule has 0 unspecified atom stereocenters. The van der Waals surface area contributed by atoms with Crippen molar-refractivity contribution in [1.29, 1.82) is 0 Å². The molecular weight excluding hydrogens is 388 g/mol. The van der Waals surface area contributed by atoms with Crippen LogP contribution in [-0.2, 0) is 21.2 Å². The van der Waals surface area contributed by atoms with Gasteiger partial charge in [-0.25, -0.2) is 18.2 Å². The van der Waals surface area contributed by atoms with Crippen molar-refractivity contribution in [2.24, 2.45) is 5.14 Å². The number of carbonyl (C=O) groups excluding carboxylic acids is 1. The summed E-state index contributed by atoms with van der Waals surface area (Å²) in [4.78, 5) is 12.4. The highest BCUT2D eigenvalue weighted by molar-refractivity contribution is 7.89. The van der Waals surface area contributed by atoms with Crippen LogP contribution in [0.1, 0.15) is 28.9 Å². The Hall–Kier alpha value is -2.97. The lowest BCUT2D eigenvalue weighted by molar-refractivity contribution is -0.116. The lowest BCUT2D eigenvalue weighted by atomic mass is 10.1. The summed E-state index contributed by atoms with van der Waals surface area (Å²) in [7, 11) is -3.84. The number of anilines is 1. The van der Waals surface area contributed by atoms with E-state index >= 15 is 0 Å². The van der Waals surface area contributed by atoms with Crippen molar-refractivity contribution >= 4 is 21.6 Å². The number of nitrogens with one attached hydrogen (secondary N) is 1. The van der Waals surface area contributed by atoms with Crippen molar-refractivity contribution in [2.75, 3.05) is 5.32 Å². The summed E-state index contributed by atoms with van der Waals surface area (Å²) >= 11 is 0. The quantitative estimate of drug-likeness (QED) is 0.649. The SMILES string of the molecule is Cc1ccc(NC(=O)CCc2c(C)nn(-c3ccccc3)c2C)cc1S(N)(=O)=O. The van der Waals surface area contributed by atoms with E-state index in [2.05, 4.69) is 10.4 Å². The van der Waals surface area contributed by atoms with Gasteiger partial charge in [-0.05, 0) is 62.6 Å². The molecule has 0 aliphatic rings. The normalized spacial score (nSPS) is 11.4. The molecule has 8 heteroatoms. The van der Waals surface area contributed by atoms with E-state index in [9.17, 15) is 13.2 Å². The molecule has 29 heavy (non-hydrogen) atoms. The average molecular weight is 413 g/mol. The van der Waals surface area contributed by atoms with Gasteiger partial charge in [0.2, 0.25) is 15.9 Å². The number of aryl methyl sites for hydroxylation is 2. The Morgan fingerprint density at radius 2 is 1.79 bits per heavy atom. The highest BCUT2D eigenvalue weighted by atomic mass is 32.2. The molecule has 0 saturated heterocycles. The van der Waals surface area contributed by atoms with Gasteiger partial charge in [-0.2, -0.15) is 5.10 Å². The van der Waals surface area contributed by atoms with E-state index in [0.29, 0.717) is 17.7 Å². The fourth-order valence-electron chi connectivity index (χ4n) is 3.30. The number of primary sulfonamides is 1. The smallest absolute Gasteiger partial charge is 0.238 e. The second kappa shape index (κ2) is 8.18. The molecule has 1 amide bonds. The summed E-state index contributed by atoms with van der Waals surface area (Å²) in [6.07, 6.45) is 0.783. The zero-order valence-corrected chi connectivity index (χ0v) is 17.5. The summed E-state index contributed by atoms with van der Waals surface area (Å²) in [6.45, 7) is 5.57. The van der Waals surface area contributed by atoms with Crippen molar-refractivity contribution in [2.45, 2.75) is 38.5 Å². The van der Waals surface area contributed by atoms with Crippen LogP contribution in [0, 0.1) is 20.8 Å². The van der Waals surface area contributed by atoms with Gasteiger partial charge in [0.05, 0.1) is 16.3 Å². The van der Waals surface area contributed by atoms with Crippen molar-refractivity contribution < 1.29 is 13.2 Å². The molecule has 1 heterocycles. The van der Waals surface area contributed by atoms with E-state index in [-0.39, 0.29) is 17.2 Å². The number of hydrogen-bond donors (Lipinski definition) is 2. The zero-order chi connectivity index (χ0) is 21.2. The Morgan fingerprint density at radius 1 is 1.10 bits per heavy atom. The second-order valence-corrected chi connectivity index (χ2v) is 8.50. The number of para-hydroxylation sites is 1. The van der Waals surface area contributed by atoms with E-state index in [4.69, 9.17) is 5.14 Å². The number of nitrogens with two attached hydrogens (primary N) is 1. The summed E-state index contributed by atoms with van der Waals surface area (Å²) in [6, 6.07) is 14.5. The average Bonchev–Trinajstić information content (AvgIpc) is 2.95. The van der Waals surface area contributed by atoms with E-state index in [1.54, 1.807) is 19.1 Å². The zero-order valence-electron chi connectivity index (χ0n) is 16.6. The van der Waals surface area contributed by atoms with Gasteiger partial charge in [-0.3, -0.25) is 4.79 Å².